The summed E-state index contributed by atoms with van der Waals surface area (Å²) in [5.41, 5.74) is 2.33. The maximum Gasteiger partial charge on any atom is 0.257 e. The van der Waals surface area contributed by atoms with Crippen LogP contribution in [-0.4, -0.2) is 45.9 Å². The number of carbonyl (C=O) groups excluding carboxylic acids is 4. The van der Waals surface area contributed by atoms with E-state index in [2.05, 4.69) is 0 Å². The number of hydrogen-bond acceptors (Lipinski definition) is 7. The summed E-state index contributed by atoms with van der Waals surface area (Å²) >= 11 is 0. The number of methoxy groups -OCH3 is 1. The van der Waals surface area contributed by atoms with Crippen molar-refractivity contribution < 1.29 is 34.2 Å². The number of imide groups is 1. The van der Waals surface area contributed by atoms with E-state index in [4.69, 9.17) is 4.74 Å². The smallest absolute Gasteiger partial charge is 0.257 e. The number of amides is 2. The number of hydroxylamine groups is 2. The number of allylic oxidation sites excluding steroid dienone is 6. The number of phenolic OH excluding ortho intramolecular Hbond substituents is 1. The highest BCUT2D eigenvalue weighted by molar-refractivity contribution is 6.23. The van der Waals surface area contributed by atoms with Crippen molar-refractivity contribution in [1.29, 1.82) is 0 Å². The highest BCUT2D eigenvalue weighted by Gasteiger charge is 2.56. The zero-order valence-electron chi connectivity index (χ0n) is 17.5. The molecular weight excluding hydrogens is 414 g/mol. The third-order valence-electron chi connectivity index (χ3n) is 7.08. The molecule has 0 radical (unpaired) electrons. The van der Waals surface area contributed by atoms with Crippen molar-refractivity contribution in [1.82, 2.24) is 5.06 Å². The molecule has 8 heteroatoms. The molecule has 1 aromatic carbocycles. The normalized spacial score (nSPS) is 29.4. The first-order valence-electron chi connectivity index (χ1n) is 10.4. The van der Waals surface area contributed by atoms with E-state index in [-0.39, 0.29) is 41.0 Å². The van der Waals surface area contributed by atoms with Crippen LogP contribution in [0.4, 0.5) is 0 Å². The highest BCUT2D eigenvalue weighted by Crippen LogP contribution is 2.55. The molecule has 5 rings (SSSR count). The summed E-state index contributed by atoms with van der Waals surface area (Å²) in [4.78, 5) is 51.2. The number of hydrogen-bond donors (Lipinski definition) is 2. The summed E-state index contributed by atoms with van der Waals surface area (Å²) in [6, 6.07) is 4.79. The molecule has 1 heterocycles. The van der Waals surface area contributed by atoms with Crippen LogP contribution in [0.5, 0.6) is 11.5 Å². The van der Waals surface area contributed by atoms with E-state index in [9.17, 15) is 29.5 Å². The van der Waals surface area contributed by atoms with Gasteiger partial charge in [0.15, 0.2) is 23.1 Å². The Kier molecular flexibility index (Phi) is 4.46. The van der Waals surface area contributed by atoms with Crippen molar-refractivity contribution in [2.45, 2.75) is 25.7 Å². The number of aromatic hydroxyl groups is 1. The summed E-state index contributed by atoms with van der Waals surface area (Å²) in [5, 5.41) is 20.5. The highest BCUT2D eigenvalue weighted by atomic mass is 16.5. The largest absolute Gasteiger partial charge is 0.504 e. The predicted octanol–water partition coefficient (Wildman–Crippen LogP) is 2.22. The molecule has 0 bridgehead atoms. The number of phenols is 1. The fourth-order valence-electron chi connectivity index (χ4n) is 5.61. The second-order valence-corrected chi connectivity index (χ2v) is 8.65. The van der Waals surface area contributed by atoms with E-state index in [1.54, 1.807) is 19.1 Å². The second kappa shape index (κ2) is 7.00. The lowest BCUT2D eigenvalue weighted by molar-refractivity contribution is -0.173. The summed E-state index contributed by atoms with van der Waals surface area (Å²) < 4.78 is 5.13. The third kappa shape index (κ3) is 2.65. The molecule has 0 spiro atoms. The van der Waals surface area contributed by atoms with Crippen LogP contribution >= 0.6 is 0 Å². The van der Waals surface area contributed by atoms with E-state index in [1.165, 1.54) is 19.3 Å². The van der Waals surface area contributed by atoms with Crippen LogP contribution in [0.2, 0.25) is 0 Å². The van der Waals surface area contributed by atoms with Crippen LogP contribution in [-0.2, 0) is 19.2 Å². The maximum absolute atomic E-state index is 13.2. The fraction of sp³-hybridized carbons (Fsp3) is 0.333. The third-order valence-corrected chi connectivity index (χ3v) is 7.08. The molecule has 1 saturated heterocycles. The van der Waals surface area contributed by atoms with E-state index < -0.39 is 35.5 Å². The van der Waals surface area contributed by atoms with Crippen molar-refractivity contribution in [2.24, 2.45) is 17.8 Å². The van der Waals surface area contributed by atoms with Gasteiger partial charge in [0, 0.05) is 22.6 Å². The van der Waals surface area contributed by atoms with E-state index in [0.29, 0.717) is 22.3 Å². The molecule has 0 aromatic heterocycles. The first kappa shape index (κ1) is 20.4. The molecule has 1 fully saturated rings. The van der Waals surface area contributed by atoms with Gasteiger partial charge in [-0.15, -0.1) is 0 Å². The van der Waals surface area contributed by atoms with E-state index in [0.717, 1.165) is 5.57 Å². The van der Waals surface area contributed by atoms with Gasteiger partial charge >= 0.3 is 0 Å². The van der Waals surface area contributed by atoms with Gasteiger partial charge in [-0.1, -0.05) is 17.7 Å². The lowest BCUT2D eigenvalue weighted by Crippen LogP contribution is -2.39. The van der Waals surface area contributed by atoms with Gasteiger partial charge < -0.3 is 9.84 Å². The minimum Gasteiger partial charge on any atom is -0.504 e. The number of benzene rings is 1. The second-order valence-electron chi connectivity index (χ2n) is 8.65. The molecule has 4 atom stereocenters. The Morgan fingerprint density at radius 1 is 1.09 bits per heavy atom. The van der Waals surface area contributed by atoms with Crippen LogP contribution in [0, 0.1) is 17.8 Å². The first-order chi connectivity index (χ1) is 15.2. The number of nitrogens with zero attached hydrogens (tertiary/aromatic N) is 1. The van der Waals surface area contributed by atoms with Gasteiger partial charge in [-0.05, 0) is 49.5 Å². The molecule has 0 unspecified atom stereocenters. The number of carbonyl (C=O) groups is 4. The summed E-state index contributed by atoms with van der Waals surface area (Å²) in [5.74, 6) is -4.38. The Morgan fingerprint density at radius 3 is 2.53 bits per heavy atom. The van der Waals surface area contributed by atoms with Gasteiger partial charge in [-0.3, -0.25) is 24.4 Å². The van der Waals surface area contributed by atoms with Gasteiger partial charge in [0.25, 0.3) is 11.8 Å². The maximum atomic E-state index is 13.2. The van der Waals surface area contributed by atoms with Gasteiger partial charge in [0.2, 0.25) is 0 Å². The predicted molar refractivity (Wildman–Crippen MR) is 110 cm³/mol. The summed E-state index contributed by atoms with van der Waals surface area (Å²) in [7, 11) is 1.43. The zero-order valence-corrected chi connectivity index (χ0v) is 17.5. The zero-order chi connectivity index (χ0) is 22.9. The SMILES string of the molecule is COc1ccc([C@H]2C3=CC[C@@H]4C(=O)N(O)C(=O)[C@@H]4[C@@H]3CC3=C2C(=O)C(C)=CC3=O)cc1O. The van der Waals surface area contributed by atoms with Crippen LogP contribution < -0.4 is 4.74 Å². The van der Waals surface area contributed by atoms with Crippen molar-refractivity contribution in [2.75, 3.05) is 7.11 Å². The minimum atomic E-state index is -0.800. The number of rotatable bonds is 2. The van der Waals surface area contributed by atoms with Gasteiger partial charge in [-0.2, -0.15) is 5.06 Å². The molecule has 1 aromatic rings. The number of Topliss-reactive ketones (excluding diaryl/α,β-unsaturated/α-hetero) is 1. The minimum absolute atomic E-state index is 0.112. The Balaban J connectivity index is 1.71. The number of ether oxygens (including phenoxy) is 1. The molecule has 1 aliphatic heterocycles. The van der Waals surface area contributed by atoms with E-state index in [1.807, 2.05) is 6.08 Å². The van der Waals surface area contributed by atoms with Crippen molar-refractivity contribution >= 4 is 23.4 Å². The molecule has 2 N–H and O–H groups in total. The molecule has 32 heavy (non-hydrogen) atoms. The average molecular weight is 435 g/mol. The molecule has 2 amide bonds. The van der Waals surface area contributed by atoms with Crippen LogP contribution in [0.1, 0.15) is 31.2 Å². The Bertz CT molecular complexity index is 1200. The fourth-order valence-corrected chi connectivity index (χ4v) is 5.61. The lowest BCUT2D eigenvalue weighted by atomic mass is 9.59. The number of fused-ring (bicyclic) bond motifs is 3. The Morgan fingerprint density at radius 2 is 1.84 bits per heavy atom. The quantitative estimate of drug-likeness (QED) is 0.316. The van der Waals surface area contributed by atoms with Crippen LogP contribution in [0.3, 0.4) is 0 Å². The average Bonchev–Trinajstić information content (AvgIpc) is 3.00. The molecule has 8 nitrogen and oxygen atoms in total. The topological polar surface area (TPSA) is 121 Å². The summed E-state index contributed by atoms with van der Waals surface area (Å²) in [6.45, 7) is 1.59. The monoisotopic (exact) mass is 435 g/mol. The van der Waals surface area contributed by atoms with Crippen molar-refractivity contribution in [3.63, 3.8) is 0 Å². The first-order valence-corrected chi connectivity index (χ1v) is 10.4. The van der Waals surface area contributed by atoms with Crippen LogP contribution in [0.15, 0.2) is 52.6 Å². The van der Waals surface area contributed by atoms with Crippen molar-refractivity contribution in [3.05, 3.63) is 58.2 Å². The number of ketones is 2. The Hall–Kier alpha value is -3.52. The standard InChI is InChI=1S/C24H21NO7/c1-10-7-16(26)15-9-14-12(4-5-13-20(14)24(30)25(31)23(13)29)19(21(15)22(10)28)11-3-6-18(32-2)17(27)8-11/h3-4,6-8,13-14,19-20,27,31H,5,9H2,1-2H3/t13-,14+,19-,20-/m0/s1. The summed E-state index contributed by atoms with van der Waals surface area (Å²) in [6.07, 6.45) is 3.54. The lowest BCUT2D eigenvalue weighted by Gasteiger charge is -2.42. The molecular formula is C24H21NO7. The molecule has 164 valence electrons. The van der Waals surface area contributed by atoms with E-state index >= 15 is 0 Å². The molecule has 0 saturated carbocycles. The Labute approximate surface area is 183 Å². The van der Waals surface area contributed by atoms with Gasteiger partial charge in [0.05, 0.1) is 18.9 Å². The molecule has 3 aliphatic carbocycles. The van der Waals surface area contributed by atoms with Gasteiger partial charge in [-0.25, -0.2) is 0 Å². The van der Waals surface area contributed by atoms with Crippen molar-refractivity contribution in [3.8, 4) is 11.5 Å². The van der Waals surface area contributed by atoms with Crippen LogP contribution in [0.25, 0.3) is 0 Å². The molecule has 4 aliphatic rings. The van der Waals surface area contributed by atoms with Gasteiger partial charge in [0.1, 0.15) is 0 Å².